The van der Waals surface area contributed by atoms with Gasteiger partial charge in [0.05, 0.1) is 6.42 Å². The van der Waals surface area contributed by atoms with E-state index in [4.69, 9.17) is 0 Å². The quantitative estimate of drug-likeness (QED) is 0.213. The zero-order chi connectivity index (χ0) is 33.6. The second-order valence-corrected chi connectivity index (χ2v) is 11.3. The van der Waals surface area contributed by atoms with Crippen LogP contribution >= 0.6 is 0 Å². The Morgan fingerprint density at radius 3 is 2.09 bits per heavy atom. The van der Waals surface area contributed by atoms with Crippen molar-refractivity contribution >= 4 is 23.6 Å². The van der Waals surface area contributed by atoms with E-state index in [1.165, 1.54) is 30.3 Å². The fourth-order valence-corrected chi connectivity index (χ4v) is 4.89. The number of benzene rings is 3. The summed E-state index contributed by atoms with van der Waals surface area (Å²) < 4.78 is 41.2. The van der Waals surface area contributed by atoms with Gasteiger partial charge in [-0.25, -0.2) is 13.2 Å². The Morgan fingerprint density at radius 2 is 1.46 bits per heavy atom. The maximum atomic E-state index is 14.2. The van der Waals surface area contributed by atoms with Gasteiger partial charge in [0.15, 0.2) is 0 Å². The molecule has 0 bridgehead atoms. The van der Waals surface area contributed by atoms with E-state index in [1.807, 2.05) is 51.1 Å². The molecule has 0 unspecified atom stereocenters. The molecule has 4 amide bonds. The van der Waals surface area contributed by atoms with Gasteiger partial charge in [-0.15, -0.1) is 0 Å². The van der Waals surface area contributed by atoms with Crippen molar-refractivity contribution in [1.29, 1.82) is 0 Å². The third-order valence-corrected chi connectivity index (χ3v) is 7.38. The predicted molar refractivity (Wildman–Crippen MR) is 169 cm³/mol. The van der Waals surface area contributed by atoms with Gasteiger partial charge in [0.2, 0.25) is 23.6 Å². The normalized spacial score (nSPS) is 12.2. The predicted octanol–water partition coefficient (Wildman–Crippen LogP) is 4.60. The Bertz CT molecular complexity index is 1470. The lowest BCUT2D eigenvalue weighted by molar-refractivity contribution is -0.138. The number of amides is 4. The highest BCUT2D eigenvalue weighted by Crippen LogP contribution is 2.12. The van der Waals surface area contributed by atoms with Crippen molar-refractivity contribution < 1.29 is 32.3 Å². The van der Waals surface area contributed by atoms with Gasteiger partial charge in [0.1, 0.15) is 29.5 Å². The summed E-state index contributed by atoms with van der Waals surface area (Å²) >= 11 is 0. The summed E-state index contributed by atoms with van der Waals surface area (Å²) in [4.78, 5) is 55.0. The zero-order valence-electron chi connectivity index (χ0n) is 26.3. The van der Waals surface area contributed by atoms with Gasteiger partial charge in [0.25, 0.3) is 0 Å². The van der Waals surface area contributed by atoms with Crippen molar-refractivity contribution in [1.82, 2.24) is 20.9 Å². The molecular weight excluding hydrogens is 597 g/mol. The molecule has 0 fully saturated rings. The number of nitrogens with zero attached hydrogens (tertiary/aromatic N) is 1. The van der Waals surface area contributed by atoms with Crippen LogP contribution in [0.2, 0.25) is 0 Å². The molecule has 246 valence electrons. The summed E-state index contributed by atoms with van der Waals surface area (Å²) in [7, 11) is 0. The smallest absolute Gasteiger partial charge is 0.243 e. The van der Waals surface area contributed by atoms with Crippen LogP contribution < -0.4 is 16.0 Å². The van der Waals surface area contributed by atoms with E-state index < -0.39 is 47.3 Å². The van der Waals surface area contributed by atoms with Crippen LogP contribution in [0.4, 0.5) is 13.2 Å². The molecule has 2 atom stereocenters. The maximum Gasteiger partial charge on any atom is 0.243 e. The fourth-order valence-electron chi connectivity index (χ4n) is 4.89. The molecule has 0 radical (unpaired) electrons. The van der Waals surface area contributed by atoms with E-state index in [-0.39, 0.29) is 43.3 Å². The standard InChI is InChI=1S/C35H41F3N4O4/c1-4-18-42(23(2)3)33(44)21-31(40-32(43)17-12-24-8-6-5-7-9-24)35(46)41-30(19-25-10-14-27(36)15-11-25)34(45)39-22-26-13-16-28(37)20-29(26)38/h5-11,13-16,20,23,30-31H,4,12,17-19,21-22H2,1-3H3,(H,39,45)(H,40,43)(H,41,46)/t30-,31-/m0/s1. The molecule has 3 N–H and O–H groups in total. The zero-order valence-corrected chi connectivity index (χ0v) is 26.3. The Morgan fingerprint density at radius 1 is 0.783 bits per heavy atom. The van der Waals surface area contributed by atoms with Crippen molar-refractivity contribution in [3.63, 3.8) is 0 Å². The summed E-state index contributed by atoms with van der Waals surface area (Å²) in [6.45, 7) is 5.80. The third-order valence-electron chi connectivity index (χ3n) is 7.38. The van der Waals surface area contributed by atoms with Gasteiger partial charge < -0.3 is 20.9 Å². The molecule has 11 heteroatoms. The van der Waals surface area contributed by atoms with E-state index in [2.05, 4.69) is 16.0 Å². The molecule has 3 aromatic rings. The first-order valence-corrected chi connectivity index (χ1v) is 15.4. The molecule has 0 aromatic heterocycles. The Labute approximate surface area is 267 Å². The lowest BCUT2D eigenvalue weighted by Gasteiger charge is -2.29. The highest BCUT2D eigenvalue weighted by Gasteiger charge is 2.30. The number of carbonyl (C=O) groups is 4. The topological polar surface area (TPSA) is 108 Å². The minimum atomic E-state index is -1.30. The van der Waals surface area contributed by atoms with Crippen molar-refractivity contribution in [3.8, 4) is 0 Å². The number of rotatable bonds is 16. The molecule has 0 aliphatic carbocycles. The van der Waals surface area contributed by atoms with Crippen LogP contribution in [-0.4, -0.2) is 53.2 Å². The van der Waals surface area contributed by atoms with Crippen LogP contribution in [0.3, 0.4) is 0 Å². The Hall–Kier alpha value is -4.67. The van der Waals surface area contributed by atoms with Gasteiger partial charge in [-0.3, -0.25) is 19.2 Å². The van der Waals surface area contributed by atoms with Gasteiger partial charge in [0, 0.05) is 43.6 Å². The molecule has 46 heavy (non-hydrogen) atoms. The van der Waals surface area contributed by atoms with E-state index >= 15 is 0 Å². The molecule has 8 nitrogen and oxygen atoms in total. The van der Waals surface area contributed by atoms with Crippen LogP contribution in [0.25, 0.3) is 0 Å². The lowest BCUT2D eigenvalue weighted by Crippen LogP contribution is -2.55. The fraction of sp³-hybridized carbons (Fsp3) is 0.371. The number of carbonyl (C=O) groups excluding carboxylic acids is 4. The summed E-state index contributed by atoms with van der Waals surface area (Å²) in [5.41, 5.74) is 1.47. The van der Waals surface area contributed by atoms with Crippen LogP contribution in [0.15, 0.2) is 72.8 Å². The van der Waals surface area contributed by atoms with Gasteiger partial charge in [-0.1, -0.05) is 55.5 Å². The Balaban J connectivity index is 1.82. The van der Waals surface area contributed by atoms with Crippen molar-refractivity contribution in [2.24, 2.45) is 0 Å². The molecule has 0 saturated heterocycles. The second-order valence-electron chi connectivity index (χ2n) is 11.3. The van der Waals surface area contributed by atoms with Gasteiger partial charge in [-0.2, -0.15) is 0 Å². The molecule has 0 aliphatic rings. The highest BCUT2D eigenvalue weighted by molar-refractivity contribution is 5.95. The molecule has 0 spiro atoms. The van der Waals surface area contributed by atoms with Crippen LogP contribution in [-0.2, 0) is 38.6 Å². The molecule has 0 heterocycles. The van der Waals surface area contributed by atoms with Crippen molar-refractivity contribution in [3.05, 3.63) is 107 Å². The molecular formula is C35H41F3N4O4. The maximum absolute atomic E-state index is 14.2. The van der Waals surface area contributed by atoms with E-state index in [1.54, 1.807) is 4.90 Å². The number of aryl methyl sites for hydroxylation is 1. The summed E-state index contributed by atoms with van der Waals surface area (Å²) in [6.07, 6.45) is 0.762. The van der Waals surface area contributed by atoms with Gasteiger partial charge in [-0.05, 0) is 56.0 Å². The number of halogens is 3. The van der Waals surface area contributed by atoms with Crippen LogP contribution in [0, 0.1) is 17.5 Å². The average Bonchev–Trinajstić information content (AvgIpc) is 3.02. The molecule has 3 aromatic carbocycles. The monoisotopic (exact) mass is 638 g/mol. The third kappa shape index (κ3) is 11.4. The molecule has 0 aliphatic heterocycles. The minimum Gasteiger partial charge on any atom is -0.350 e. The summed E-state index contributed by atoms with van der Waals surface area (Å²) in [5.74, 6) is -4.36. The first-order valence-electron chi connectivity index (χ1n) is 15.4. The Kier molecular flexibility index (Phi) is 13.8. The highest BCUT2D eigenvalue weighted by atomic mass is 19.1. The summed E-state index contributed by atoms with van der Waals surface area (Å²) in [5, 5.41) is 7.87. The molecule has 3 rings (SSSR count). The lowest BCUT2D eigenvalue weighted by atomic mass is 10.0. The average molecular weight is 639 g/mol. The first kappa shape index (κ1) is 35.8. The molecule has 0 saturated carbocycles. The minimum absolute atomic E-state index is 0.0282. The first-order chi connectivity index (χ1) is 22.0. The van der Waals surface area contributed by atoms with Crippen molar-refractivity contribution in [2.45, 2.75) is 77.5 Å². The van der Waals surface area contributed by atoms with Crippen LogP contribution in [0.5, 0.6) is 0 Å². The van der Waals surface area contributed by atoms with Crippen molar-refractivity contribution in [2.75, 3.05) is 6.54 Å². The van der Waals surface area contributed by atoms with E-state index in [0.29, 0.717) is 31.0 Å². The van der Waals surface area contributed by atoms with E-state index in [9.17, 15) is 32.3 Å². The number of hydrogen-bond acceptors (Lipinski definition) is 4. The van der Waals surface area contributed by atoms with Crippen LogP contribution in [0.1, 0.15) is 56.7 Å². The SMILES string of the molecule is CCCN(C(=O)C[C@H](NC(=O)CCc1ccccc1)C(=O)N[C@@H](Cc1ccc(F)cc1)C(=O)NCc1ccc(F)cc1F)C(C)C. The second kappa shape index (κ2) is 17.7. The van der Waals surface area contributed by atoms with E-state index in [0.717, 1.165) is 11.6 Å². The van der Waals surface area contributed by atoms with Gasteiger partial charge >= 0.3 is 0 Å². The largest absolute Gasteiger partial charge is 0.350 e. The summed E-state index contributed by atoms with van der Waals surface area (Å²) in [6, 6.07) is 14.9. The number of nitrogens with one attached hydrogen (secondary N) is 3. The number of hydrogen-bond donors (Lipinski definition) is 3.